The Morgan fingerprint density at radius 1 is 1.14 bits per heavy atom. The molecule has 0 atom stereocenters. The number of ketones is 1. The summed E-state index contributed by atoms with van der Waals surface area (Å²) in [6.07, 6.45) is 4.19. The molecule has 0 aromatic heterocycles. The third kappa shape index (κ3) is 4.50. The van der Waals surface area contributed by atoms with Crippen molar-refractivity contribution in [1.29, 1.82) is 0 Å². The third-order valence-corrected chi connectivity index (χ3v) is 6.39. The van der Waals surface area contributed by atoms with Crippen molar-refractivity contribution in [3.63, 3.8) is 0 Å². The molecule has 2 aromatic carbocycles. The van der Waals surface area contributed by atoms with Gasteiger partial charge in [0.1, 0.15) is 5.75 Å². The van der Waals surface area contributed by atoms with E-state index >= 15 is 0 Å². The molecule has 1 aliphatic heterocycles. The standard InChI is InChI=1S/C22H18FI2NO3/c23-22(24,25)14-6-7-15-13(3-2-10-29-20(15)12-14)11-21(28)26-18-5-1-4-17-16(18)8-9-19(17)27/h1,4-7,11-12H,2-3,8-10H2,(H,26,28)/b13-11+. The number of carbonyl (C=O) groups is 2. The summed E-state index contributed by atoms with van der Waals surface area (Å²) < 4.78 is 18.6. The molecular weight excluding hydrogens is 599 g/mol. The highest BCUT2D eigenvalue weighted by atomic mass is 127. The number of amides is 1. The van der Waals surface area contributed by atoms with Crippen LogP contribution < -0.4 is 10.1 Å². The van der Waals surface area contributed by atoms with E-state index in [0.717, 1.165) is 23.1 Å². The largest absolute Gasteiger partial charge is 0.493 e. The zero-order chi connectivity index (χ0) is 20.6. The molecule has 0 spiro atoms. The van der Waals surface area contributed by atoms with Gasteiger partial charge in [-0.15, -0.1) is 0 Å². The molecule has 0 saturated heterocycles. The van der Waals surface area contributed by atoms with Crippen LogP contribution >= 0.6 is 45.2 Å². The fraction of sp³-hybridized carbons (Fsp3) is 0.273. The summed E-state index contributed by atoms with van der Waals surface area (Å²) >= 11 is 3.48. The lowest BCUT2D eigenvalue weighted by atomic mass is 9.99. The number of hydrogen-bond acceptors (Lipinski definition) is 3. The van der Waals surface area contributed by atoms with Gasteiger partial charge < -0.3 is 10.1 Å². The van der Waals surface area contributed by atoms with Crippen LogP contribution in [0.4, 0.5) is 10.1 Å². The first kappa shape index (κ1) is 20.8. The average molecular weight is 617 g/mol. The summed E-state index contributed by atoms with van der Waals surface area (Å²) in [6.45, 7) is 0.519. The molecule has 2 aliphatic rings. The van der Waals surface area contributed by atoms with Gasteiger partial charge in [0.25, 0.3) is 0 Å². The number of benzene rings is 2. The van der Waals surface area contributed by atoms with Crippen molar-refractivity contribution in [1.82, 2.24) is 0 Å². The van der Waals surface area contributed by atoms with Gasteiger partial charge in [0, 0.05) is 34.9 Å². The van der Waals surface area contributed by atoms with Crippen LogP contribution in [-0.4, -0.2) is 18.3 Å². The normalized spacial score (nSPS) is 17.3. The quantitative estimate of drug-likeness (QED) is 0.263. The molecule has 1 N–H and O–H groups in total. The van der Waals surface area contributed by atoms with Crippen molar-refractivity contribution in [2.75, 3.05) is 11.9 Å². The summed E-state index contributed by atoms with van der Waals surface area (Å²) in [7, 11) is 0. The molecule has 2 aromatic rings. The average Bonchev–Trinajstić information content (AvgIpc) is 2.94. The zero-order valence-electron chi connectivity index (χ0n) is 15.4. The molecule has 29 heavy (non-hydrogen) atoms. The second-order valence-electron chi connectivity index (χ2n) is 7.07. The monoisotopic (exact) mass is 617 g/mol. The minimum atomic E-state index is -1.52. The minimum Gasteiger partial charge on any atom is -0.493 e. The Kier molecular flexibility index (Phi) is 5.97. The molecule has 4 rings (SSSR count). The number of alkyl halides is 3. The SMILES string of the molecule is O=C(/C=C1\CCCOc2cc(C(F)(I)I)ccc21)Nc1cccc2c1CCC2=O. The van der Waals surface area contributed by atoms with Crippen LogP contribution in [0.15, 0.2) is 42.5 Å². The van der Waals surface area contributed by atoms with E-state index in [1.807, 2.05) is 12.1 Å². The molecule has 1 aliphatic carbocycles. The number of halogens is 3. The Labute approximate surface area is 195 Å². The zero-order valence-corrected chi connectivity index (χ0v) is 19.8. The maximum Gasteiger partial charge on any atom is 0.248 e. The highest BCUT2D eigenvalue weighted by Gasteiger charge is 2.26. The van der Waals surface area contributed by atoms with E-state index in [-0.39, 0.29) is 11.7 Å². The summed E-state index contributed by atoms with van der Waals surface area (Å²) in [6, 6.07) is 10.7. The fourth-order valence-electron chi connectivity index (χ4n) is 3.75. The Bertz CT molecular complexity index is 1030. The van der Waals surface area contributed by atoms with E-state index in [9.17, 15) is 14.0 Å². The lowest BCUT2D eigenvalue weighted by Crippen LogP contribution is -2.11. The van der Waals surface area contributed by atoms with E-state index in [1.54, 1.807) is 75.5 Å². The van der Waals surface area contributed by atoms with Crippen LogP contribution in [0.5, 0.6) is 5.75 Å². The molecule has 0 bridgehead atoms. The van der Waals surface area contributed by atoms with Crippen molar-refractivity contribution < 1.29 is 18.7 Å². The summed E-state index contributed by atoms with van der Waals surface area (Å²) in [4.78, 5) is 24.7. The smallest absolute Gasteiger partial charge is 0.248 e. The van der Waals surface area contributed by atoms with E-state index in [1.165, 1.54) is 0 Å². The number of nitrogens with one attached hydrogen (secondary N) is 1. The number of fused-ring (bicyclic) bond motifs is 2. The van der Waals surface area contributed by atoms with Crippen molar-refractivity contribution in [3.8, 4) is 5.75 Å². The van der Waals surface area contributed by atoms with Gasteiger partial charge in [-0.3, -0.25) is 9.59 Å². The van der Waals surface area contributed by atoms with E-state index in [0.29, 0.717) is 48.4 Å². The lowest BCUT2D eigenvalue weighted by Gasteiger charge is -2.15. The molecule has 0 unspecified atom stereocenters. The van der Waals surface area contributed by atoms with Crippen LogP contribution in [0.1, 0.15) is 46.3 Å². The van der Waals surface area contributed by atoms with Gasteiger partial charge in [-0.1, -0.05) is 24.3 Å². The highest BCUT2D eigenvalue weighted by molar-refractivity contribution is 14.2. The van der Waals surface area contributed by atoms with Gasteiger partial charge in [-0.2, -0.15) is 0 Å². The molecule has 1 heterocycles. The number of ether oxygens (including phenoxy) is 1. The third-order valence-electron chi connectivity index (χ3n) is 5.14. The maximum atomic E-state index is 14.3. The van der Waals surface area contributed by atoms with E-state index in [4.69, 9.17) is 4.74 Å². The molecule has 7 heteroatoms. The summed E-state index contributed by atoms with van der Waals surface area (Å²) in [5.74, 6) is 0.475. The fourth-order valence-corrected chi connectivity index (χ4v) is 4.42. The number of allylic oxidation sites excluding steroid dienone is 1. The molecular formula is C22H18FI2NO3. The van der Waals surface area contributed by atoms with Crippen molar-refractivity contribution in [2.24, 2.45) is 0 Å². The van der Waals surface area contributed by atoms with Crippen molar-refractivity contribution in [3.05, 3.63) is 64.7 Å². The predicted octanol–water partition coefficient (Wildman–Crippen LogP) is 5.96. The molecule has 0 fully saturated rings. The molecule has 1 amide bonds. The lowest BCUT2D eigenvalue weighted by molar-refractivity contribution is -0.111. The highest BCUT2D eigenvalue weighted by Crippen LogP contribution is 2.44. The number of rotatable bonds is 3. The number of hydrogen-bond donors (Lipinski definition) is 1. The topological polar surface area (TPSA) is 55.4 Å². The number of anilines is 1. The first-order valence-electron chi connectivity index (χ1n) is 9.34. The second kappa shape index (κ2) is 8.33. The maximum absolute atomic E-state index is 14.3. The van der Waals surface area contributed by atoms with Crippen LogP contribution in [0.2, 0.25) is 0 Å². The Hall–Kier alpha value is -1.49. The molecule has 0 radical (unpaired) electrons. The second-order valence-corrected chi connectivity index (χ2v) is 12.1. The minimum absolute atomic E-state index is 0.120. The van der Waals surface area contributed by atoms with Crippen LogP contribution in [0.25, 0.3) is 5.57 Å². The van der Waals surface area contributed by atoms with Gasteiger partial charge in [0.05, 0.1) is 6.61 Å². The first-order chi connectivity index (χ1) is 13.8. The van der Waals surface area contributed by atoms with E-state index in [2.05, 4.69) is 5.32 Å². The summed E-state index contributed by atoms with van der Waals surface area (Å²) in [5, 5.41) is 2.93. The Morgan fingerprint density at radius 2 is 1.97 bits per heavy atom. The number of Topliss-reactive ketones (excluding diaryl/α,β-unsaturated/α-hetero) is 1. The predicted molar refractivity (Wildman–Crippen MR) is 128 cm³/mol. The van der Waals surface area contributed by atoms with Gasteiger partial charge in [-0.25, -0.2) is 4.39 Å². The van der Waals surface area contributed by atoms with Gasteiger partial charge in [0.15, 0.2) is 5.78 Å². The van der Waals surface area contributed by atoms with Crippen LogP contribution in [0, 0.1) is 0 Å². The number of carbonyl (C=O) groups excluding carboxylic acids is 2. The summed E-state index contributed by atoms with van der Waals surface area (Å²) in [5.41, 5.74) is 4.48. The Balaban J connectivity index is 1.62. The van der Waals surface area contributed by atoms with Gasteiger partial charge in [-0.05, 0) is 87.7 Å². The van der Waals surface area contributed by atoms with E-state index < -0.39 is 1.68 Å². The molecule has 4 nitrogen and oxygen atoms in total. The van der Waals surface area contributed by atoms with Crippen molar-refractivity contribution >= 4 is 68.1 Å². The van der Waals surface area contributed by atoms with Crippen LogP contribution in [-0.2, 0) is 12.9 Å². The molecule has 0 saturated carbocycles. The van der Waals surface area contributed by atoms with Gasteiger partial charge in [0.2, 0.25) is 7.59 Å². The Morgan fingerprint density at radius 3 is 2.76 bits per heavy atom. The van der Waals surface area contributed by atoms with Gasteiger partial charge >= 0.3 is 0 Å². The van der Waals surface area contributed by atoms with Crippen molar-refractivity contribution in [2.45, 2.75) is 27.4 Å². The van der Waals surface area contributed by atoms with Crippen LogP contribution in [0.3, 0.4) is 0 Å². The molecule has 150 valence electrons. The first-order valence-corrected chi connectivity index (χ1v) is 11.5.